The predicted octanol–water partition coefficient (Wildman–Crippen LogP) is 12.7. The zero-order chi connectivity index (χ0) is 34.9. The molecule has 4 heteroatoms. The van der Waals surface area contributed by atoms with E-state index in [1.54, 1.807) is 0 Å². The fraction of sp³-hybridized carbons (Fsp3) is 0.0417. The molecule has 3 nitrogen and oxygen atoms in total. The molecule has 1 atom stereocenters. The molecule has 0 bridgehead atoms. The van der Waals surface area contributed by atoms with Gasteiger partial charge in [0.1, 0.15) is 5.82 Å². The van der Waals surface area contributed by atoms with E-state index in [4.69, 9.17) is 0 Å². The first-order valence-electron chi connectivity index (χ1n) is 17.7. The van der Waals surface area contributed by atoms with Crippen molar-refractivity contribution in [2.24, 2.45) is 0 Å². The quantitative estimate of drug-likeness (QED) is 0.159. The second kappa shape index (κ2) is 13.6. The van der Waals surface area contributed by atoms with Crippen molar-refractivity contribution >= 4 is 45.4 Å². The van der Waals surface area contributed by atoms with Crippen LogP contribution in [0.15, 0.2) is 194 Å². The van der Waals surface area contributed by atoms with Gasteiger partial charge in [0.15, 0.2) is 0 Å². The zero-order valence-electron chi connectivity index (χ0n) is 28.6. The van der Waals surface area contributed by atoms with E-state index in [2.05, 4.69) is 190 Å². The molecule has 9 rings (SSSR count). The van der Waals surface area contributed by atoms with E-state index < -0.39 is 0 Å². The van der Waals surface area contributed by atoms with E-state index >= 15 is 0 Å². The second-order valence-electron chi connectivity index (χ2n) is 13.1. The number of benzene rings is 7. The number of fused-ring (bicyclic) bond motifs is 3. The summed E-state index contributed by atoms with van der Waals surface area (Å²) in [4.78, 5) is 4.72. The standard InChI is InChI=1S/C48H36FN3/c49-37-24-30-43(31-25-37)52-47-19-11-10-18-45(47)46-34-44(32-33-48(46)52)51(40-16-8-3-9-17-40)42-28-22-36(23-29-42)35-20-26-41(27-21-35)50(38-12-4-1-5-13-38)39-14-6-2-7-15-39/h1-33,44H,34H2. The topological polar surface area (TPSA) is 11.4 Å². The van der Waals surface area contributed by atoms with Crippen LogP contribution in [0.3, 0.4) is 0 Å². The molecule has 0 aliphatic heterocycles. The Kier molecular flexibility index (Phi) is 8.18. The first kappa shape index (κ1) is 31.3. The number of para-hydroxylation sites is 4. The Balaban J connectivity index is 1.04. The lowest BCUT2D eigenvalue weighted by molar-refractivity contribution is 0.627. The molecular formula is C48H36FN3. The summed E-state index contributed by atoms with van der Waals surface area (Å²) >= 11 is 0. The molecular weight excluding hydrogens is 638 g/mol. The number of anilines is 5. The van der Waals surface area contributed by atoms with E-state index in [9.17, 15) is 4.39 Å². The Morgan fingerprint density at radius 3 is 1.56 bits per heavy atom. The maximum atomic E-state index is 13.9. The van der Waals surface area contributed by atoms with Crippen LogP contribution in [0.5, 0.6) is 0 Å². The average Bonchev–Trinajstić information content (AvgIpc) is 3.54. The number of nitrogens with zero attached hydrogens (tertiary/aromatic N) is 3. The lowest BCUT2D eigenvalue weighted by Crippen LogP contribution is -2.33. The fourth-order valence-electron chi connectivity index (χ4n) is 7.58. The van der Waals surface area contributed by atoms with Crippen LogP contribution in [0.4, 0.5) is 32.8 Å². The van der Waals surface area contributed by atoms with Crippen LogP contribution in [0, 0.1) is 5.82 Å². The second-order valence-corrected chi connectivity index (χ2v) is 13.1. The van der Waals surface area contributed by atoms with Crippen molar-refractivity contribution in [1.82, 2.24) is 4.57 Å². The molecule has 0 saturated heterocycles. The minimum absolute atomic E-state index is 0.0921. The van der Waals surface area contributed by atoms with Crippen LogP contribution in [-0.2, 0) is 6.42 Å². The molecule has 1 heterocycles. The highest BCUT2D eigenvalue weighted by Crippen LogP contribution is 2.40. The maximum absolute atomic E-state index is 13.9. The Hall–Kier alpha value is -6.65. The van der Waals surface area contributed by atoms with Gasteiger partial charge in [-0.05, 0) is 120 Å². The zero-order valence-corrected chi connectivity index (χ0v) is 28.6. The highest BCUT2D eigenvalue weighted by Gasteiger charge is 2.27. The summed E-state index contributed by atoms with van der Waals surface area (Å²) < 4.78 is 16.1. The number of hydrogen-bond acceptors (Lipinski definition) is 2. The van der Waals surface area contributed by atoms with Crippen molar-refractivity contribution in [1.29, 1.82) is 0 Å². The molecule has 0 N–H and O–H groups in total. The molecule has 250 valence electrons. The molecule has 52 heavy (non-hydrogen) atoms. The Labute approximate surface area is 303 Å². The first-order valence-corrected chi connectivity index (χ1v) is 17.7. The average molecular weight is 674 g/mol. The van der Waals surface area contributed by atoms with Gasteiger partial charge in [0, 0.05) is 45.2 Å². The van der Waals surface area contributed by atoms with Gasteiger partial charge in [-0.3, -0.25) is 0 Å². The summed E-state index contributed by atoms with van der Waals surface area (Å²) in [7, 11) is 0. The third kappa shape index (κ3) is 5.84. The fourth-order valence-corrected chi connectivity index (χ4v) is 7.58. The molecule has 1 aromatic heterocycles. The van der Waals surface area contributed by atoms with Crippen LogP contribution in [-0.4, -0.2) is 10.6 Å². The molecule has 1 unspecified atom stereocenters. The highest BCUT2D eigenvalue weighted by atomic mass is 19.1. The predicted molar refractivity (Wildman–Crippen MR) is 215 cm³/mol. The lowest BCUT2D eigenvalue weighted by atomic mass is 9.94. The summed E-state index contributed by atoms with van der Waals surface area (Å²) in [5.74, 6) is -0.232. The van der Waals surface area contributed by atoms with Gasteiger partial charge in [0.2, 0.25) is 0 Å². The molecule has 8 aromatic rings. The minimum atomic E-state index is -0.232. The van der Waals surface area contributed by atoms with Crippen LogP contribution in [0.25, 0.3) is 33.8 Å². The molecule has 0 fully saturated rings. The largest absolute Gasteiger partial charge is 0.334 e. The number of hydrogen-bond donors (Lipinski definition) is 0. The SMILES string of the molecule is Fc1ccc(-n2c3c(c4ccccc42)CC(N(c2ccccc2)c2ccc(-c4ccc(N(c5ccccc5)c5ccccc5)cc4)cc2)C=C3)cc1. The van der Waals surface area contributed by atoms with Gasteiger partial charge in [-0.25, -0.2) is 4.39 Å². The van der Waals surface area contributed by atoms with E-state index in [1.165, 1.54) is 28.6 Å². The Bertz CT molecular complexity index is 2430. The van der Waals surface area contributed by atoms with Gasteiger partial charge >= 0.3 is 0 Å². The third-order valence-electron chi connectivity index (χ3n) is 9.99. The molecule has 1 aliphatic rings. The van der Waals surface area contributed by atoms with Crippen molar-refractivity contribution in [3.05, 3.63) is 211 Å². The van der Waals surface area contributed by atoms with Gasteiger partial charge in [-0.1, -0.05) is 103 Å². The summed E-state index contributed by atoms with van der Waals surface area (Å²) in [6, 6.07) is 64.8. The van der Waals surface area contributed by atoms with E-state index in [-0.39, 0.29) is 11.9 Å². The van der Waals surface area contributed by atoms with Crippen molar-refractivity contribution in [2.75, 3.05) is 9.80 Å². The normalized spacial score (nSPS) is 13.5. The maximum Gasteiger partial charge on any atom is 0.123 e. The molecule has 0 saturated carbocycles. The molecule has 0 spiro atoms. The highest BCUT2D eigenvalue weighted by molar-refractivity contribution is 5.91. The smallest absolute Gasteiger partial charge is 0.123 e. The van der Waals surface area contributed by atoms with Gasteiger partial charge < -0.3 is 14.4 Å². The number of aromatic nitrogens is 1. The van der Waals surface area contributed by atoms with E-state index in [0.29, 0.717) is 0 Å². The van der Waals surface area contributed by atoms with Gasteiger partial charge in [0.25, 0.3) is 0 Å². The Morgan fingerprint density at radius 2 is 0.962 bits per heavy atom. The van der Waals surface area contributed by atoms with Crippen LogP contribution in [0.2, 0.25) is 0 Å². The van der Waals surface area contributed by atoms with Crippen molar-refractivity contribution in [3.8, 4) is 16.8 Å². The number of halogens is 1. The summed E-state index contributed by atoms with van der Waals surface area (Å²) in [5, 5.41) is 1.22. The van der Waals surface area contributed by atoms with Crippen molar-refractivity contribution < 1.29 is 4.39 Å². The summed E-state index contributed by atoms with van der Waals surface area (Å²) in [6.45, 7) is 0. The molecule has 0 radical (unpaired) electrons. The van der Waals surface area contributed by atoms with Crippen LogP contribution in [0.1, 0.15) is 11.3 Å². The van der Waals surface area contributed by atoms with Gasteiger partial charge in [0.05, 0.1) is 11.6 Å². The van der Waals surface area contributed by atoms with Gasteiger partial charge in [-0.15, -0.1) is 0 Å². The van der Waals surface area contributed by atoms with Crippen LogP contribution >= 0.6 is 0 Å². The van der Waals surface area contributed by atoms with Gasteiger partial charge in [-0.2, -0.15) is 0 Å². The summed E-state index contributed by atoms with van der Waals surface area (Å²) in [6.07, 6.45) is 5.39. The molecule has 1 aliphatic carbocycles. The van der Waals surface area contributed by atoms with Crippen molar-refractivity contribution in [2.45, 2.75) is 12.5 Å². The minimum Gasteiger partial charge on any atom is -0.334 e. The van der Waals surface area contributed by atoms with Crippen LogP contribution < -0.4 is 9.80 Å². The number of rotatable bonds is 8. The van der Waals surface area contributed by atoms with E-state index in [0.717, 1.165) is 57.3 Å². The van der Waals surface area contributed by atoms with E-state index in [1.807, 2.05) is 12.1 Å². The molecule has 7 aromatic carbocycles. The Morgan fingerprint density at radius 1 is 0.481 bits per heavy atom. The first-order chi connectivity index (χ1) is 25.7. The summed E-state index contributed by atoms with van der Waals surface area (Å²) in [5.41, 5.74) is 12.5. The van der Waals surface area contributed by atoms with Crippen molar-refractivity contribution in [3.63, 3.8) is 0 Å². The molecule has 0 amide bonds. The third-order valence-corrected chi connectivity index (χ3v) is 9.99. The monoisotopic (exact) mass is 673 g/mol. The lowest BCUT2D eigenvalue weighted by Gasteiger charge is -2.34.